The maximum atomic E-state index is 13.1. The molecular formula is C15H10F6O. The van der Waals surface area contributed by atoms with E-state index in [4.69, 9.17) is 0 Å². The number of hydrogen-bond donors (Lipinski definition) is 0. The number of benzene rings is 2. The summed E-state index contributed by atoms with van der Waals surface area (Å²) in [6.45, 7) is 0. The molecule has 2 aromatic carbocycles. The van der Waals surface area contributed by atoms with Gasteiger partial charge in [0.2, 0.25) is 0 Å². The van der Waals surface area contributed by atoms with Crippen molar-refractivity contribution in [1.29, 1.82) is 0 Å². The lowest BCUT2D eigenvalue weighted by atomic mass is 10.1. The molecule has 0 unspecified atom stereocenters. The van der Waals surface area contributed by atoms with Gasteiger partial charge in [0.15, 0.2) is 0 Å². The van der Waals surface area contributed by atoms with Crippen LogP contribution < -0.4 is 4.74 Å². The fraction of sp³-hybridized carbons (Fsp3) is 0.200. The second-order valence-corrected chi connectivity index (χ2v) is 4.46. The van der Waals surface area contributed by atoms with Gasteiger partial charge in [-0.25, -0.2) is 4.39 Å². The van der Waals surface area contributed by atoms with E-state index in [2.05, 4.69) is 4.74 Å². The molecule has 7 heteroatoms. The zero-order chi connectivity index (χ0) is 16.4. The van der Waals surface area contributed by atoms with Crippen molar-refractivity contribution >= 4 is 0 Å². The molecular weight excluding hydrogens is 310 g/mol. The minimum Gasteiger partial charge on any atom is -0.430 e. The topological polar surface area (TPSA) is 9.23 Å². The number of ether oxygens (including phenoxy) is 1. The van der Waals surface area contributed by atoms with Crippen LogP contribution in [0.3, 0.4) is 0 Å². The first-order valence-electron chi connectivity index (χ1n) is 6.13. The minimum absolute atomic E-state index is 0.559. The van der Waals surface area contributed by atoms with Crippen molar-refractivity contribution in [2.75, 3.05) is 0 Å². The Morgan fingerprint density at radius 3 is 1.73 bits per heavy atom. The highest BCUT2D eigenvalue weighted by atomic mass is 19.4. The minimum atomic E-state index is -5.70. The van der Waals surface area contributed by atoms with Gasteiger partial charge in [0.1, 0.15) is 5.75 Å². The molecule has 0 spiro atoms. The highest BCUT2D eigenvalue weighted by molar-refractivity contribution is 5.63. The van der Waals surface area contributed by atoms with Gasteiger partial charge in [0.05, 0.1) is 0 Å². The molecule has 0 saturated heterocycles. The number of rotatable bonds is 4. The van der Waals surface area contributed by atoms with Crippen LogP contribution in [0.15, 0.2) is 54.6 Å². The van der Waals surface area contributed by atoms with Gasteiger partial charge >= 0.3 is 12.3 Å². The Hall–Kier alpha value is -2.18. The molecule has 0 aliphatic heterocycles. The third kappa shape index (κ3) is 3.72. The molecule has 2 rings (SSSR count). The Bertz CT molecular complexity index is 606. The smallest absolute Gasteiger partial charge is 0.430 e. The third-order valence-electron chi connectivity index (χ3n) is 2.80. The summed E-state index contributed by atoms with van der Waals surface area (Å²) in [6.07, 6.45) is -15.1. The van der Waals surface area contributed by atoms with Crippen LogP contribution in [0.4, 0.5) is 26.3 Å². The van der Waals surface area contributed by atoms with Gasteiger partial charge in [0.25, 0.3) is 6.17 Å². The van der Waals surface area contributed by atoms with E-state index in [1.165, 1.54) is 12.1 Å². The van der Waals surface area contributed by atoms with E-state index in [-0.39, 0.29) is 0 Å². The first-order valence-corrected chi connectivity index (χ1v) is 6.13. The standard InChI is InChI=1S/C15H10F6O/c16-13(14(17,18)19)15(20,21)22-12-8-6-11(7-9-12)10-4-2-1-3-5-10/h1-9,13H/t13-/m0/s1. The Labute approximate surface area is 122 Å². The molecule has 0 aromatic heterocycles. The predicted octanol–water partition coefficient (Wildman–Crippen LogP) is 5.23. The number of halogens is 6. The van der Waals surface area contributed by atoms with Gasteiger partial charge < -0.3 is 4.74 Å². The summed E-state index contributed by atoms with van der Waals surface area (Å²) in [5.41, 5.74) is 1.45. The van der Waals surface area contributed by atoms with E-state index < -0.39 is 24.2 Å². The van der Waals surface area contributed by atoms with Crippen LogP contribution >= 0.6 is 0 Å². The van der Waals surface area contributed by atoms with Crippen LogP contribution in [0.1, 0.15) is 0 Å². The Balaban J connectivity index is 2.15. The fourth-order valence-corrected chi connectivity index (χ4v) is 1.75. The lowest BCUT2D eigenvalue weighted by molar-refractivity contribution is -0.304. The van der Waals surface area contributed by atoms with E-state index in [9.17, 15) is 26.3 Å². The van der Waals surface area contributed by atoms with E-state index >= 15 is 0 Å². The largest absolute Gasteiger partial charge is 0.439 e. The zero-order valence-corrected chi connectivity index (χ0v) is 10.9. The van der Waals surface area contributed by atoms with E-state index in [1.807, 2.05) is 0 Å². The zero-order valence-electron chi connectivity index (χ0n) is 10.9. The van der Waals surface area contributed by atoms with Crippen molar-refractivity contribution in [3.8, 4) is 16.9 Å². The number of alkyl halides is 6. The van der Waals surface area contributed by atoms with E-state index in [0.29, 0.717) is 5.56 Å². The molecule has 2 aromatic rings. The number of hydrogen-bond acceptors (Lipinski definition) is 1. The van der Waals surface area contributed by atoms with Crippen LogP contribution in [-0.2, 0) is 0 Å². The SMILES string of the molecule is F[C@@H](C(F)(F)F)C(F)(F)Oc1ccc(-c2ccccc2)cc1. The van der Waals surface area contributed by atoms with Crippen LogP contribution in [0, 0.1) is 0 Å². The van der Waals surface area contributed by atoms with Crippen molar-refractivity contribution in [3.63, 3.8) is 0 Å². The van der Waals surface area contributed by atoms with Crippen LogP contribution in [0.25, 0.3) is 11.1 Å². The van der Waals surface area contributed by atoms with Crippen molar-refractivity contribution in [2.45, 2.75) is 18.5 Å². The molecule has 0 radical (unpaired) electrons. The summed E-state index contributed by atoms with van der Waals surface area (Å²) in [6, 6.07) is 13.8. The summed E-state index contributed by atoms with van der Waals surface area (Å²) in [7, 11) is 0. The van der Waals surface area contributed by atoms with Crippen molar-refractivity contribution in [1.82, 2.24) is 0 Å². The van der Waals surface area contributed by atoms with Gasteiger partial charge in [-0.3, -0.25) is 0 Å². The second-order valence-electron chi connectivity index (χ2n) is 4.46. The average Bonchev–Trinajstić information content (AvgIpc) is 2.47. The van der Waals surface area contributed by atoms with Crippen molar-refractivity contribution in [2.24, 2.45) is 0 Å². The quantitative estimate of drug-likeness (QED) is 0.701. The maximum absolute atomic E-state index is 13.1. The summed E-state index contributed by atoms with van der Waals surface area (Å²) >= 11 is 0. The van der Waals surface area contributed by atoms with Crippen LogP contribution in [0.5, 0.6) is 5.75 Å². The van der Waals surface area contributed by atoms with Crippen molar-refractivity contribution in [3.05, 3.63) is 54.6 Å². The molecule has 0 heterocycles. The Morgan fingerprint density at radius 2 is 1.23 bits per heavy atom. The van der Waals surface area contributed by atoms with Gasteiger partial charge in [-0.1, -0.05) is 42.5 Å². The molecule has 0 amide bonds. The average molecular weight is 320 g/mol. The van der Waals surface area contributed by atoms with Crippen molar-refractivity contribution < 1.29 is 31.1 Å². The monoisotopic (exact) mass is 320 g/mol. The highest BCUT2D eigenvalue weighted by Crippen LogP contribution is 2.36. The normalized spacial score (nSPS) is 13.7. The molecule has 0 N–H and O–H groups in total. The lowest BCUT2D eigenvalue weighted by Crippen LogP contribution is -2.45. The highest BCUT2D eigenvalue weighted by Gasteiger charge is 2.59. The Kier molecular flexibility index (Phi) is 4.35. The van der Waals surface area contributed by atoms with Crippen LogP contribution in [0.2, 0.25) is 0 Å². The summed E-state index contributed by atoms with van der Waals surface area (Å²) in [5, 5.41) is 0. The first-order chi connectivity index (χ1) is 10.2. The lowest BCUT2D eigenvalue weighted by Gasteiger charge is -2.23. The summed E-state index contributed by atoms with van der Waals surface area (Å²) in [4.78, 5) is 0. The summed E-state index contributed by atoms with van der Waals surface area (Å²) < 4.78 is 78.8. The summed E-state index contributed by atoms with van der Waals surface area (Å²) in [5.74, 6) is -0.559. The molecule has 0 aliphatic rings. The van der Waals surface area contributed by atoms with E-state index in [1.54, 1.807) is 30.3 Å². The molecule has 0 aliphatic carbocycles. The van der Waals surface area contributed by atoms with Crippen LogP contribution in [-0.4, -0.2) is 18.5 Å². The second kappa shape index (κ2) is 5.90. The molecule has 22 heavy (non-hydrogen) atoms. The molecule has 0 fully saturated rings. The molecule has 0 bridgehead atoms. The first kappa shape index (κ1) is 16.2. The molecule has 1 nitrogen and oxygen atoms in total. The Morgan fingerprint density at radius 1 is 0.727 bits per heavy atom. The third-order valence-corrected chi connectivity index (χ3v) is 2.80. The molecule has 1 atom stereocenters. The predicted molar refractivity (Wildman–Crippen MR) is 68.4 cm³/mol. The molecule has 0 saturated carbocycles. The van der Waals surface area contributed by atoms with Gasteiger partial charge in [-0.2, -0.15) is 22.0 Å². The van der Waals surface area contributed by atoms with E-state index in [0.717, 1.165) is 17.7 Å². The maximum Gasteiger partial charge on any atom is 0.439 e. The van der Waals surface area contributed by atoms with Gasteiger partial charge in [-0.05, 0) is 23.3 Å². The van der Waals surface area contributed by atoms with Gasteiger partial charge in [-0.15, -0.1) is 0 Å². The van der Waals surface area contributed by atoms with Gasteiger partial charge in [0, 0.05) is 0 Å². The molecule has 118 valence electrons. The fourth-order valence-electron chi connectivity index (χ4n) is 1.75.